The molecule has 0 radical (unpaired) electrons. The average Bonchev–Trinajstić information content (AvgIpc) is 2.55. The van der Waals surface area contributed by atoms with Gasteiger partial charge in [-0.3, -0.25) is 0 Å². The van der Waals surface area contributed by atoms with Gasteiger partial charge in [0.2, 0.25) is 0 Å². The molecule has 0 spiro atoms. The molecule has 0 aromatic heterocycles. The van der Waals surface area contributed by atoms with Crippen LogP contribution in [0.4, 0.5) is 0 Å². The van der Waals surface area contributed by atoms with Crippen LogP contribution in [-0.2, 0) is 12.8 Å². The van der Waals surface area contributed by atoms with Gasteiger partial charge in [0.05, 0.1) is 6.10 Å². The van der Waals surface area contributed by atoms with Crippen molar-refractivity contribution < 1.29 is 5.11 Å². The van der Waals surface area contributed by atoms with E-state index in [9.17, 15) is 5.11 Å². The average molecular weight is 281 g/mol. The van der Waals surface area contributed by atoms with E-state index in [4.69, 9.17) is 0 Å². The second-order valence-corrected chi connectivity index (χ2v) is 5.96. The Morgan fingerprint density at radius 2 is 1.71 bits per heavy atom. The van der Waals surface area contributed by atoms with Crippen molar-refractivity contribution in [3.05, 3.63) is 71.3 Å². The third kappa shape index (κ3) is 3.72. The van der Waals surface area contributed by atoms with Crippen molar-refractivity contribution in [2.24, 2.45) is 5.92 Å². The molecule has 21 heavy (non-hydrogen) atoms. The molecule has 2 aromatic carbocycles. The van der Waals surface area contributed by atoms with E-state index < -0.39 is 6.10 Å². The summed E-state index contributed by atoms with van der Waals surface area (Å²) in [5.74, 6) is 0.683. The molecular weight excluding hydrogens is 258 g/mol. The van der Waals surface area contributed by atoms with Crippen molar-refractivity contribution in [3.8, 4) is 0 Å². The number of aryl methyl sites for hydroxylation is 1. The lowest BCUT2D eigenvalue weighted by Crippen LogP contribution is -2.30. The lowest BCUT2D eigenvalue weighted by atomic mass is 9.84. The molecule has 2 atom stereocenters. The van der Waals surface area contributed by atoms with Gasteiger partial charge < -0.3 is 10.4 Å². The van der Waals surface area contributed by atoms with Crippen molar-refractivity contribution in [1.82, 2.24) is 5.32 Å². The highest BCUT2D eigenvalue weighted by Gasteiger charge is 2.18. The minimum atomic E-state index is -0.415. The SMILES string of the molecule is OC(CNCC1CCc2ccccc2C1)c1ccccc1. The molecule has 2 aromatic rings. The maximum Gasteiger partial charge on any atom is 0.0914 e. The van der Waals surface area contributed by atoms with Gasteiger partial charge >= 0.3 is 0 Å². The molecule has 0 fully saturated rings. The van der Waals surface area contributed by atoms with Crippen LogP contribution in [-0.4, -0.2) is 18.2 Å². The Bertz CT molecular complexity index is 567. The molecule has 1 aliphatic carbocycles. The van der Waals surface area contributed by atoms with Crippen molar-refractivity contribution in [1.29, 1.82) is 0 Å². The van der Waals surface area contributed by atoms with Crippen LogP contribution in [0.3, 0.4) is 0 Å². The number of fused-ring (bicyclic) bond motifs is 1. The highest BCUT2D eigenvalue weighted by molar-refractivity contribution is 5.29. The maximum atomic E-state index is 10.1. The van der Waals surface area contributed by atoms with Crippen LogP contribution in [0.5, 0.6) is 0 Å². The summed E-state index contributed by atoms with van der Waals surface area (Å²) >= 11 is 0. The van der Waals surface area contributed by atoms with Crippen LogP contribution in [0, 0.1) is 5.92 Å². The largest absolute Gasteiger partial charge is 0.387 e. The molecular formula is C19H23NO. The molecule has 0 aliphatic heterocycles. The van der Waals surface area contributed by atoms with E-state index in [2.05, 4.69) is 29.6 Å². The lowest BCUT2D eigenvalue weighted by Gasteiger charge is -2.25. The van der Waals surface area contributed by atoms with Gasteiger partial charge in [-0.2, -0.15) is 0 Å². The zero-order valence-electron chi connectivity index (χ0n) is 12.3. The Labute approximate surface area is 126 Å². The Kier molecular flexibility index (Phi) is 4.69. The molecule has 0 saturated carbocycles. The van der Waals surface area contributed by atoms with Gasteiger partial charge in [-0.05, 0) is 48.4 Å². The number of rotatable bonds is 5. The number of aliphatic hydroxyl groups is 1. The van der Waals surface area contributed by atoms with Gasteiger partial charge in [-0.25, -0.2) is 0 Å². The lowest BCUT2D eigenvalue weighted by molar-refractivity contribution is 0.172. The normalized spacial score (nSPS) is 19.0. The Morgan fingerprint density at radius 3 is 2.52 bits per heavy atom. The predicted molar refractivity (Wildman–Crippen MR) is 86.2 cm³/mol. The van der Waals surface area contributed by atoms with Crippen molar-refractivity contribution >= 4 is 0 Å². The molecule has 2 N–H and O–H groups in total. The predicted octanol–water partition coefficient (Wildman–Crippen LogP) is 3.11. The number of aliphatic hydroxyl groups excluding tert-OH is 1. The van der Waals surface area contributed by atoms with Crippen LogP contribution in [0.25, 0.3) is 0 Å². The topological polar surface area (TPSA) is 32.3 Å². The molecule has 0 heterocycles. The van der Waals surface area contributed by atoms with Gasteiger partial charge in [0.1, 0.15) is 0 Å². The summed E-state index contributed by atoms with van der Waals surface area (Å²) in [6.07, 6.45) is 3.17. The van der Waals surface area contributed by atoms with Crippen molar-refractivity contribution in [3.63, 3.8) is 0 Å². The third-order valence-electron chi connectivity index (χ3n) is 4.40. The highest BCUT2D eigenvalue weighted by Crippen LogP contribution is 2.24. The molecule has 2 unspecified atom stereocenters. The highest BCUT2D eigenvalue weighted by atomic mass is 16.3. The van der Waals surface area contributed by atoms with E-state index in [1.54, 1.807) is 0 Å². The van der Waals surface area contributed by atoms with E-state index in [0.717, 1.165) is 18.5 Å². The Balaban J connectivity index is 1.47. The summed E-state index contributed by atoms with van der Waals surface area (Å²) in [5, 5.41) is 13.6. The van der Waals surface area contributed by atoms with Gasteiger partial charge in [0.15, 0.2) is 0 Å². The number of benzene rings is 2. The van der Waals surface area contributed by atoms with E-state index in [1.807, 2.05) is 30.3 Å². The second kappa shape index (κ2) is 6.88. The van der Waals surface area contributed by atoms with Crippen LogP contribution < -0.4 is 5.32 Å². The molecule has 2 heteroatoms. The molecule has 0 amide bonds. The number of hydrogen-bond acceptors (Lipinski definition) is 2. The molecule has 0 bridgehead atoms. The first-order valence-corrected chi connectivity index (χ1v) is 7.83. The Hall–Kier alpha value is -1.64. The van der Waals surface area contributed by atoms with Gasteiger partial charge in [0.25, 0.3) is 0 Å². The first-order valence-electron chi connectivity index (χ1n) is 7.83. The van der Waals surface area contributed by atoms with Gasteiger partial charge in [0, 0.05) is 6.54 Å². The summed E-state index contributed by atoms with van der Waals surface area (Å²) in [4.78, 5) is 0. The van der Waals surface area contributed by atoms with Crippen LogP contribution in [0.1, 0.15) is 29.2 Å². The van der Waals surface area contributed by atoms with Gasteiger partial charge in [-0.1, -0.05) is 54.6 Å². The van der Waals surface area contributed by atoms with Crippen LogP contribution in [0.2, 0.25) is 0 Å². The zero-order valence-corrected chi connectivity index (χ0v) is 12.3. The minimum Gasteiger partial charge on any atom is -0.387 e. The second-order valence-electron chi connectivity index (χ2n) is 5.96. The van der Waals surface area contributed by atoms with Crippen molar-refractivity contribution in [2.45, 2.75) is 25.4 Å². The number of hydrogen-bond donors (Lipinski definition) is 2. The first-order chi connectivity index (χ1) is 10.3. The van der Waals surface area contributed by atoms with E-state index in [-0.39, 0.29) is 0 Å². The molecule has 0 saturated heterocycles. The quantitative estimate of drug-likeness (QED) is 0.882. The molecule has 110 valence electrons. The van der Waals surface area contributed by atoms with Gasteiger partial charge in [-0.15, -0.1) is 0 Å². The Morgan fingerprint density at radius 1 is 1.00 bits per heavy atom. The smallest absolute Gasteiger partial charge is 0.0914 e. The molecule has 3 rings (SSSR count). The zero-order chi connectivity index (χ0) is 14.5. The fourth-order valence-corrected chi connectivity index (χ4v) is 3.16. The van der Waals surface area contributed by atoms with Crippen molar-refractivity contribution in [2.75, 3.05) is 13.1 Å². The summed E-state index contributed by atoms with van der Waals surface area (Å²) in [6, 6.07) is 18.6. The monoisotopic (exact) mass is 281 g/mol. The fraction of sp³-hybridized carbons (Fsp3) is 0.368. The minimum absolute atomic E-state index is 0.415. The first kappa shape index (κ1) is 14.3. The summed E-state index contributed by atoms with van der Waals surface area (Å²) in [6.45, 7) is 1.61. The van der Waals surface area contributed by atoms with E-state index >= 15 is 0 Å². The summed E-state index contributed by atoms with van der Waals surface area (Å²) in [7, 11) is 0. The number of nitrogens with one attached hydrogen (secondary N) is 1. The van der Waals surface area contributed by atoms with E-state index in [0.29, 0.717) is 12.5 Å². The standard InChI is InChI=1S/C19H23NO/c21-19(17-7-2-1-3-8-17)14-20-13-15-10-11-16-6-4-5-9-18(16)12-15/h1-9,15,19-21H,10-14H2. The van der Waals surface area contributed by atoms with Crippen LogP contribution >= 0.6 is 0 Å². The van der Waals surface area contributed by atoms with Crippen LogP contribution in [0.15, 0.2) is 54.6 Å². The maximum absolute atomic E-state index is 10.1. The van der Waals surface area contributed by atoms with E-state index in [1.165, 1.54) is 24.0 Å². The summed E-state index contributed by atoms with van der Waals surface area (Å²) < 4.78 is 0. The summed E-state index contributed by atoms with van der Waals surface area (Å²) in [5.41, 5.74) is 4.00. The fourth-order valence-electron chi connectivity index (χ4n) is 3.16. The third-order valence-corrected chi connectivity index (χ3v) is 4.40. The molecule has 2 nitrogen and oxygen atoms in total. The molecule has 1 aliphatic rings.